The minimum atomic E-state index is -0.0876. The number of aryl methyl sites for hydroxylation is 2. The second-order valence-electron chi connectivity index (χ2n) is 4.42. The van der Waals surface area contributed by atoms with E-state index in [1.54, 1.807) is 30.4 Å². The summed E-state index contributed by atoms with van der Waals surface area (Å²) in [4.78, 5) is 19.3. The van der Waals surface area contributed by atoms with E-state index in [1.165, 1.54) is 0 Å². The first kappa shape index (κ1) is 15.9. The Balaban J connectivity index is 2.67. The number of carbonyl (C=O) groups excluding carboxylic acids is 1. The van der Waals surface area contributed by atoms with E-state index in [2.05, 4.69) is 17.2 Å². The maximum absolute atomic E-state index is 12.0. The predicted molar refractivity (Wildman–Crippen MR) is 77.7 cm³/mol. The van der Waals surface area contributed by atoms with Crippen LogP contribution in [-0.4, -0.2) is 43.2 Å². The quantitative estimate of drug-likeness (QED) is 0.816. The lowest BCUT2D eigenvalue weighted by Crippen LogP contribution is -2.40. The zero-order chi connectivity index (χ0) is 14.4. The van der Waals surface area contributed by atoms with E-state index in [0.717, 1.165) is 22.0 Å². The Kier molecular flexibility index (Phi) is 6.24. The summed E-state index contributed by atoms with van der Waals surface area (Å²) in [5.41, 5.74) is 1.02. The average Bonchev–Trinajstić information content (AvgIpc) is 2.78. The lowest BCUT2D eigenvalue weighted by molar-refractivity contribution is 0.178. The van der Waals surface area contributed by atoms with Crippen LogP contribution < -0.4 is 5.32 Å². The van der Waals surface area contributed by atoms with Gasteiger partial charge in [0.1, 0.15) is 0 Å². The molecule has 0 bridgehead atoms. The number of methoxy groups -OCH3 is 1. The molecule has 0 aromatic carbocycles. The van der Waals surface area contributed by atoms with Gasteiger partial charge in [0, 0.05) is 25.6 Å². The fourth-order valence-corrected chi connectivity index (χ4v) is 2.84. The molecule has 0 aliphatic carbocycles. The third kappa shape index (κ3) is 4.18. The first-order chi connectivity index (χ1) is 9.01. The summed E-state index contributed by atoms with van der Waals surface area (Å²) in [6, 6.07) is -0.0595. The van der Waals surface area contributed by atoms with Crippen molar-refractivity contribution in [1.29, 1.82) is 0 Å². The molecule has 0 saturated carbocycles. The van der Waals surface area contributed by atoms with Crippen molar-refractivity contribution in [2.75, 3.05) is 27.3 Å². The van der Waals surface area contributed by atoms with Gasteiger partial charge in [-0.1, -0.05) is 6.92 Å². The topological polar surface area (TPSA) is 54.5 Å². The number of amides is 2. The van der Waals surface area contributed by atoms with Gasteiger partial charge in [-0.25, -0.2) is 9.78 Å². The third-order valence-corrected chi connectivity index (χ3v) is 4.51. The van der Waals surface area contributed by atoms with Crippen molar-refractivity contribution < 1.29 is 9.53 Å². The molecular weight excluding hydrogens is 262 g/mol. The minimum Gasteiger partial charge on any atom is -0.383 e. The zero-order valence-corrected chi connectivity index (χ0v) is 13.1. The van der Waals surface area contributed by atoms with Gasteiger partial charge in [0.15, 0.2) is 0 Å². The van der Waals surface area contributed by atoms with Crippen LogP contribution in [0, 0.1) is 6.92 Å². The van der Waals surface area contributed by atoms with E-state index < -0.39 is 0 Å². The number of rotatable bonds is 6. The maximum Gasteiger partial charge on any atom is 0.317 e. The molecule has 5 nitrogen and oxygen atoms in total. The van der Waals surface area contributed by atoms with Crippen LogP contribution in [0.25, 0.3) is 0 Å². The van der Waals surface area contributed by atoms with Crippen LogP contribution in [0.2, 0.25) is 0 Å². The van der Waals surface area contributed by atoms with Gasteiger partial charge in [-0.05, 0) is 20.3 Å². The van der Waals surface area contributed by atoms with Crippen molar-refractivity contribution in [2.24, 2.45) is 0 Å². The number of nitrogens with zero attached hydrogens (tertiary/aromatic N) is 2. The van der Waals surface area contributed by atoms with E-state index >= 15 is 0 Å². The Bertz CT molecular complexity index is 420. The minimum absolute atomic E-state index is 0.0281. The van der Waals surface area contributed by atoms with Gasteiger partial charge in [-0.2, -0.15) is 0 Å². The highest BCUT2D eigenvalue weighted by molar-refractivity contribution is 7.11. The van der Waals surface area contributed by atoms with Gasteiger partial charge in [0.05, 0.1) is 23.4 Å². The second kappa shape index (κ2) is 7.45. The van der Waals surface area contributed by atoms with Crippen LogP contribution >= 0.6 is 11.3 Å². The van der Waals surface area contributed by atoms with Crippen LogP contribution in [-0.2, 0) is 11.2 Å². The summed E-state index contributed by atoms with van der Waals surface area (Å²) in [7, 11) is 3.42. The molecule has 1 N–H and O–H groups in total. The van der Waals surface area contributed by atoms with Crippen molar-refractivity contribution in [3.8, 4) is 0 Å². The number of hydrogen-bond acceptors (Lipinski definition) is 4. The Morgan fingerprint density at radius 1 is 1.58 bits per heavy atom. The highest BCUT2D eigenvalue weighted by Gasteiger charge is 2.21. The summed E-state index contributed by atoms with van der Waals surface area (Å²) in [6.07, 6.45) is 0.933. The van der Waals surface area contributed by atoms with Crippen LogP contribution in [0.3, 0.4) is 0 Å². The molecule has 0 aliphatic heterocycles. The molecule has 1 atom stereocenters. The number of urea groups is 1. The predicted octanol–water partition coefficient (Wildman–Crippen LogP) is 2.36. The molecule has 0 saturated heterocycles. The van der Waals surface area contributed by atoms with E-state index in [-0.39, 0.29) is 12.1 Å². The summed E-state index contributed by atoms with van der Waals surface area (Å²) in [6.45, 7) is 7.16. The Labute approximate surface area is 119 Å². The molecule has 1 aromatic heterocycles. The molecule has 2 amide bonds. The number of hydrogen-bond donors (Lipinski definition) is 1. The smallest absolute Gasteiger partial charge is 0.317 e. The molecule has 0 radical (unpaired) electrons. The molecule has 0 unspecified atom stereocenters. The lowest BCUT2D eigenvalue weighted by Gasteiger charge is -2.24. The fourth-order valence-electron chi connectivity index (χ4n) is 1.74. The number of thiazole rings is 1. The standard InChI is InChI=1S/C13H23N3O2S/c1-6-11-15-9(2)12(19-11)10(3)16(4)13(17)14-7-8-18-5/h10H,6-8H2,1-5H3,(H,14,17)/t10-/m1/s1. The highest BCUT2D eigenvalue weighted by atomic mass is 32.1. The molecule has 0 aliphatic rings. The first-order valence-corrected chi connectivity index (χ1v) is 7.28. The number of nitrogens with one attached hydrogen (secondary N) is 1. The molecule has 1 rings (SSSR count). The maximum atomic E-state index is 12.0. The monoisotopic (exact) mass is 285 g/mol. The number of aromatic nitrogens is 1. The van der Waals surface area contributed by atoms with Gasteiger partial charge in [-0.15, -0.1) is 11.3 Å². The molecule has 0 fully saturated rings. The van der Waals surface area contributed by atoms with Crippen molar-refractivity contribution in [1.82, 2.24) is 15.2 Å². The summed E-state index contributed by atoms with van der Waals surface area (Å²) >= 11 is 1.68. The van der Waals surface area contributed by atoms with E-state index in [1.807, 2.05) is 13.8 Å². The van der Waals surface area contributed by atoms with Crippen LogP contribution in [0.15, 0.2) is 0 Å². The molecule has 19 heavy (non-hydrogen) atoms. The number of ether oxygens (including phenoxy) is 1. The number of carbonyl (C=O) groups is 1. The normalized spacial score (nSPS) is 12.3. The molecule has 108 valence electrons. The largest absolute Gasteiger partial charge is 0.383 e. The first-order valence-electron chi connectivity index (χ1n) is 6.47. The van der Waals surface area contributed by atoms with Crippen molar-refractivity contribution in [3.05, 3.63) is 15.6 Å². The van der Waals surface area contributed by atoms with Crippen molar-refractivity contribution in [2.45, 2.75) is 33.2 Å². The summed E-state index contributed by atoms with van der Waals surface area (Å²) in [5, 5.41) is 3.94. The molecule has 1 aromatic rings. The van der Waals surface area contributed by atoms with Gasteiger partial charge in [0.2, 0.25) is 0 Å². The Hall–Kier alpha value is -1.14. The Morgan fingerprint density at radius 3 is 2.79 bits per heavy atom. The molecule has 6 heteroatoms. The molecule has 0 spiro atoms. The lowest BCUT2D eigenvalue weighted by atomic mass is 10.2. The van der Waals surface area contributed by atoms with Gasteiger partial charge < -0.3 is 15.0 Å². The Morgan fingerprint density at radius 2 is 2.26 bits per heavy atom. The highest BCUT2D eigenvalue weighted by Crippen LogP contribution is 2.28. The summed E-state index contributed by atoms with van der Waals surface area (Å²) < 4.78 is 4.91. The third-order valence-electron chi connectivity index (χ3n) is 3.04. The van der Waals surface area contributed by atoms with E-state index in [9.17, 15) is 4.79 Å². The SMILES string of the molecule is CCc1nc(C)c([C@@H](C)N(C)C(=O)NCCOC)s1. The van der Waals surface area contributed by atoms with Crippen LogP contribution in [0.1, 0.15) is 35.5 Å². The van der Waals surface area contributed by atoms with Crippen LogP contribution in [0.5, 0.6) is 0 Å². The van der Waals surface area contributed by atoms with Gasteiger partial charge in [0.25, 0.3) is 0 Å². The van der Waals surface area contributed by atoms with Crippen molar-refractivity contribution >= 4 is 17.4 Å². The van der Waals surface area contributed by atoms with E-state index in [4.69, 9.17) is 4.74 Å². The van der Waals surface area contributed by atoms with Crippen LogP contribution in [0.4, 0.5) is 4.79 Å². The molecular formula is C13H23N3O2S. The fraction of sp³-hybridized carbons (Fsp3) is 0.692. The zero-order valence-electron chi connectivity index (χ0n) is 12.3. The second-order valence-corrected chi connectivity index (χ2v) is 5.54. The average molecular weight is 285 g/mol. The van der Waals surface area contributed by atoms with E-state index in [0.29, 0.717) is 13.2 Å². The summed E-state index contributed by atoms with van der Waals surface area (Å²) in [5.74, 6) is 0. The van der Waals surface area contributed by atoms with Crippen molar-refractivity contribution in [3.63, 3.8) is 0 Å². The van der Waals surface area contributed by atoms with Gasteiger partial charge >= 0.3 is 6.03 Å². The molecule has 1 heterocycles. The van der Waals surface area contributed by atoms with Gasteiger partial charge in [-0.3, -0.25) is 0 Å².